The van der Waals surface area contributed by atoms with E-state index in [1.54, 1.807) is 20.9 Å². The molecule has 1 N–H and O–H groups in total. The average molecular weight is 301 g/mol. The van der Waals surface area contributed by atoms with Crippen molar-refractivity contribution in [3.05, 3.63) is 33.9 Å². The van der Waals surface area contributed by atoms with Crippen LogP contribution in [-0.4, -0.2) is 35.4 Å². The smallest absolute Gasteiger partial charge is 0.270 e. The van der Waals surface area contributed by atoms with Crippen LogP contribution < -0.4 is 5.32 Å². The third-order valence-corrected chi connectivity index (χ3v) is 3.07. The number of halogens is 2. The van der Waals surface area contributed by atoms with Crippen molar-refractivity contribution in [2.75, 3.05) is 18.9 Å². The van der Waals surface area contributed by atoms with Gasteiger partial charge < -0.3 is 10.2 Å². The van der Waals surface area contributed by atoms with Crippen molar-refractivity contribution < 1.29 is 18.5 Å². The molecule has 0 spiro atoms. The van der Waals surface area contributed by atoms with Crippen molar-refractivity contribution in [3.8, 4) is 0 Å². The summed E-state index contributed by atoms with van der Waals surface area (Å²) in [5.41, 5.74) is -0.899. The van der Waals surface area contributed by atoms with Gasteiger partial charge in [0.05, 0.1) is 4.92 Å². The summed E-state index contributed by atoms with van der Waals surface area (Å²) in [5, 5.41) is 13.3. The molecule has 8 heteroatoms. The monoisotopic (exact) mass is 301 g/mol. The van der Waals surface area contributed by atoms with Gasteiger partial charge in [-0.15, -0.1) is 0 Å². The van der Waals surface area contributed by atoms with E-state index in [4.69, 9.17) is 0 Å². The Labute approximate surface area is 120 Å². The van der Waals surface area contributed by atoms with Crippen LogP contribution in [0.25, 0.3) is 0 Å². The molecule has 21 heavy (non-hydrogen) atoms. The molecule has 1 amide bonds. The number of non-ortho nitro benzene ring substituents is 1. The molecule has 0 fully saturated rings. The van der Waals surface area contributed by atoms with Gasteiger partial charge in [-0.25, -0.2) is 8.78 Å². The van der Waals surface area contributed by atoms with Gasteiger partial charge in [-0.2, -0.15) is 0 Å². The fourth-order valence-electron chi connectivity index (χ4n) is 1.76. The number of likely N-dealkylation sites (N-methyl/N-ethyl adjacent to an activating group) is 1. The van der Waals surface area contributed by atoms with Crippen LogP contribution in [0.1, 0.15) is 25.8 Å². The number of hydrogen-bond donors (Lipinski definition) is 1. The van der Waals surface area contributed by atoms with Crippen molar-refractivity contribution in [2.45, 2.75) is 26.3 Å². The highest BCUT2D eigenvalue weighted by molar-refractivity contribution is 5.84. The summed E-state index contributed by atoms with van der Waals surface area (Å²) in [4.78, 5) is 23.2. The molecular weight excluding hydrogens is 284 g/mol. The first-order valence-electron chi connectivity index (χ1n) is 6.35. The van der Waals surface area contributed by atoms with Crippen LogP contribution in [0.5, 0.6) is 0 Å². The van der Waals surface area contributed by atoms with E-state index in [2.05, 4.69) is 5.32 Å². The highest BCUT2D eigenvalue weighted by Gasteiger charge is 2.22. The standard InChI is InChI=1S/C13H17F2N3O3/c1-4-17(3)13(19)8(2)16-11-6-5-9(18(20)21)7-10(11)12(14)15/h5-8,12,16H,4H2,1-3H3. The van der Waals surface area contributed by atoms with E-state index >= 15 is 0 Å². The zero-order chi connectivity index (χ0) is 16.2. The number of carbonyl (C=O) groups is 1. The average Bonchev–Trinajstić information content (AvgIpc) is 2.45. The number of carbonyl (C=O) groups excluding carboxylic acids is 1. The van der Waals surface area contributed by atoms with Crippen LogP contribution in [-0.2, 0) is 4.79 Å². The molecule has 0 aromatic heterocycles. The SMILES string of the molecule is CCN(C)C(=O)C(C)Nc1ccc([N+](=O)[O-])cc1C(F)F. The molecule has 1 rings (SSSR count). The molecule has 116 valence electrons. The summed E-state index contributed by atoms with van der Waals surface area (Å²) in [6.07, 6.45) is -2.88. The third kappa shape index (κ3) is 4.11. The summed E-state index contributed by atoms with van der Waals surface area (Å²) >= 11 is 0. The highest BCUT2D eigenvalue weighted by atomic mass is 19.3. The van der Waals surface area contributed by atoms with E-state index in [1.807, 2.05) is 0 Å². The maximum absolute atomic E-state index is 13.0. The Morgan fingerprint density at radius 2 is 2.10 bits per heavy atom. The van der Waals surface area contributed by atoms with Crippen molar-refractivity contribution >= 4 is 17.3 Å². The third-order valence-electron chi connectivity index (χ3n) is 3.07. The number of nitrogens with one attached hydrogen (secondary N) is 1. The maximum atomic E-state index is 13.0. The molecule has 6 nitrogen and oxygen atoms in total. The molecule has 0 heterocycles. The number of rotatable bonds is 6. The Hall–Kier alpha value is -2.25. The highest BCUT2D eigenvalue weighted by Crippen LogP contribution is 2.31. The summed E-state index contributed by atoms with van der Waals surface area (Å²) < 4.78 is 26.0. The second-order valence-electron chi connectivity index (χ2n) is 4.55. The fourth-order valence-corrected chi connectivity index (χ4v) is 1.76. The molecule has 1 atom stereocenters. The molecule has 0 aliphatic heterocycles. The zero-order valence-corrected chi connectivity index (χ0v) is 12.0. The quantitative estimate of drug-likeness (QED) is 0.647. The predicted octanol–water partition coefficient (Wildman–Crippen LogP) is 2.81. The second-order valence-corrected chi connectivity index (χ2v) is 4.55. The Bertz CT molecular complexity index is 537. The summed E-state index contributed by atoms with van der Waals surface area (Å²) in [6.45, 7) is 3.83. The van der Waals surface area contributed by atoms with Gasteiger partial charge in [0.1, 0.15) is 6.04 Å². The van der Waals surface area contributed by atoms with Gasteiger partial charge in [-0.1, -0.05) is 0 Å². The first-order valence-corrected chi connectivity index (χ1v) is 6.35. The molecule has 0 saturated heterocycles. The van der Waals surface area contributed by atoms with Gasteiger partial charge in [-0.3, -0.25) is 14.9 Å². The van der Waals surface area contributed by atoms with Gasteiger partial charge in [0, 0.05) is 37.0 Å². The molecule has 0 radical (unpaired) electrons. The van der Waals surface area contributed by atoms with Crippen LogP contribution in [0, 0.1) is 10.1 Å². The number of nitro benzene ring substituents is 1. The fraction of sp³-hybridized carbons (Fsp3) is 0.462. The van der Waals surface area contributed by atoms with Gasteiger partial charge >= 0.3 is 0 Å². The normalized spacial score (nSPS) is 12.1. The minimum atomic E-state index is -2.88. The van der Waals surface area contributed by atoms with E-state index in [1.165, 1.54) is 11.0 Å². The number of nitrogens with zero attached hydrogens (tertiary/aromatic N) is 2. The Balaban J connectivity index is 3.02. The summed E-state index contributed by atoms with van der Waals surface area (Å²) in [6, 6.07) is 2.41. The van der Waals surface area contributed by atoms with Crippen molar-refractivity contribution in [2.24, 2.45) is 0 Å². The molecule has 0 aliphatic carbocycles. The number of anilines is 1. The molecule has 1 aromatic carbocycles. The van der Waals surface area contributed by atoms with Crippen LogP contribution in [0.2, 0.25) is 0 Å². The Kier molecular flexibility index (Phi) is 5.57. The van der Waals surface area contributed by atoms with E-state index in [0.29, 0.717) is 6.54 Å². The molecule has 0 bridgehead atoms. The Morgan fingerprint density at radius 3 is 2.57 bits per heavy atom. The molecule has 0 saturated carbocycles. The van der Waals surface area contributed by atoms with Gasteiger partial charge in [0.25, 0.3) is 12.1 Å². The van der Waals surface area contributed by atoms with E-state index in [9.17, 15) is 23.7 Å². The van der Waals surface area contributed by atoms with E-state index < -0.39 is 28.6 Å². The second kappa shape index (κ2) is 6.96. The molecule has 1 unspecified atom stereocenters. The molecule has 1 aromatic rings. The minimum absolute atomic E-state index is 0.0148. The molecular formula is C13H17F2N3O3. The van der Waals surface area contributed by atoms with Crippen LogP contribution in [0.3, 0.4) is 0 Å². The number of alkyl halides is 2. The zero-order valence-electron chi connectivity index (χ0n) is 12.0. The van der Waals surface area contributed by atoms with Crippen LogP contribution in [0.15, 0.2) is 18.2 Å². The van der Waals surface area contributed by atoms with Gasteiger partial charge in [0.2, 0.25) is 5.91 Å². The first-order chi connectivity index (χ1) is 9.77. The maximum Gasteiger partial charge on any atom is 0.270 e. The number of nitro groups is 1. The number of benzene rings is 1. The topological polar surface area (TPSA) is 75.5 Å². The largest absolute Gasteiger partial charge is 0.374 e. The lowest BCUT2D eigenvalue weighted by Crippen LogP contribution is -2.39. The van der Waals surface area contributed by atoms with Crippen molar-refractivity contribution in [1.29, 1.82) is 0 Å². The number of amides is 1. The van der Waals surface area contributed by atoms with Gasteiger partial charge in [0.15, 0.2) is 0 Å². The van der Waals surface area contributed by atoms with E-state index in [0.717, 1.165) is 12.1 Å². The van der Waals surface area contributed by atoms with Crippen molar-refractivity contribution in [3.63, 3.8) is 0 Å². The predicted molar refractivity (Wildman–Crippen MR) is 74.4 cm³/mol. The van der Waals surface area contributed by atoms with E-state index in [-0.39, 0.29) is 11.6 Å². The van der Waals surface area contributed by atoms with Crippen LogP contribution >= 0.6 is 0 Å². The summed E-state index contributed by atoms with van der Waals surface area (Å²) in [5.74, 6) is -0.254. The lowest BCUT2D eigenvalue weighted by Gasteiger charge is -2.22. The lowest BCUT2D eigenvalue weighted by atomic mass is 10.1. The van der Waals surface area contributed by atoms with Crippen LogP contribution in [0.4, 0.5) is 20.2 Å². The first kappa shape index (κ1) is 16.8. The van der Waals surface area contributed by atoms with Crippen molar-refractivity contribution in [1.82, 2.24) is 4.90 Å². The number of hydrogen-bond acceptors (Lipinski definition) is 4. The lowest BCUT2D eigenvalue weighted by molar-refractivity contribution is -0.385. The molecule has 0 aliphatic rings. The summed E-state index contributed by atoms with van der Waals surface area (Å²) in [7, 11) is 1.60. The minimum Gasteiger partial charge on any atom is -0.374 e. The Morgan fingerprint density at radius 1 is 1.48 bits per heavy atom. The van der Waals surface area contributed by atoms with Gasteiger partial charge in [-0.05, 0) is 19.9 Å².